The molecular weight excluding hydrogens is 288 g/mol. The number of anilines is 1. The summed E-state index contributed by atoms with van der Waals surface area (Å²) in [6.45, 7) is 4.69. The van der Waals surface area contributed by atoms with E-state index in [1.165, 1.54) is 4.88 Å². The molecule has 0 spiro atoms. The number of amides is 1. The van der Waals surface area contributed by atoms with Gasteiger partial charge in [0.05, 0.1) is 0 Å². The number of piperazine rings is 1. The van der Waals surface area contributed by atoms with E-state index in [0.29, 0.717) is 31.4 Å². The first-order valence-corrected chi connectivity index (χ1v) is 7.95. The molecule has 1 aliphatic heterocycles. The highest BCUT2D eigenvalue weighted by molar-refractivity contribution is 7.09. The number of rotatable bonds is 4. The summed E-state index contributed by atoms with van der Waals surface area (Å²) in [5.74, 6) is 0.796. The largest absolute Gasteiger partial charge is 0.408 e. The van der Waals surface area contributed by atoms with Crippen molar-refractivity contribution in [2.75, 3.05) is 31.1 Å². The Bertz CT molecular complexity index is 588. The predicted molar refractivity (Wildman–Crippen MR) is 80.5 cm³/mol. The minimum absolute atomic E-state index is 0.227. The molecule has 0 bridgehead atoms. The van der Waals surface area contributed by atoms with E-state index >= 15 is 0 Å². The van der Waals surface area contributed by atoms with E-state index in [-0.39, 0.29) is 5.91 Å². The normalized spacial score (nSPS) is 15.5. The molecule has 0 unspecified atom stereocenters. The van der Waals surface area contributed by atoms with E-state index in [2.05, 4.69) is 16.3 Å². The Kier molecular flexibility index (Phi) is 4.19. The van der Waals surface area contributed by atoms with E-state index in [9.17, 15) is 4.79 Å². The monoisotopic (exact) mass is 306 g/mol. The SMILES string of the molecule is Cc1nnc(N2CCN(C(=O)CCc3cccs3)CC2)o1. The van der Waals surface area contributed by atoms with Crippen molar-refractivity contribution in [1.29, 1.82) is 0 Å². The Balaban J connectivity index is 1.47. The number of carbonyl (C=O) groups is 1. The maximum Gasteiger partial charge on any atom is 0.318 e. The van der Waals surface area contributed by atoms with Crippen LogP contribution in [-0.4, -0.2) is 47.2 Å². The summed E-state index contributed by atoms with van der Waals surface area (Å²) in [7, 11) is 0. The molecular formula is C14H18N4O2S. The summed E-state index contributed by atoms with van der Waals surface area (Å²) in [6, 6.07) is 4.65. The number of aryl methyl sites for hydroxylation is 2. The fourth-order valence-electron chi connectivity index (χ4n) is 2.40. The number of aromatic nitrogens is 2. The van der Waals surface area contributed by atoms with Crippen LogP contribution in [0.2, 0.25) is 0 Å². The quantitative estimate of drug-likeness (QED) is 0.860. The van der Waals surface area contributed by atoms with Crippen molar-refractivity contribution in [3.63, 3.8) is 0 Å². The van der Waals surface area contributed by atoms with Gasteiger partial charge in [0.25, 0.3) is 0 Å². The molecule has 1 amide bonds. The van der Waals surface area contributed by atoms with Gasteiger partial charge >= 0.3 is 6.01 Å². The maximum atomic E-state index is 12.2. The van der Waals surface area contributed by atoms with Crippen LogP contribution in [0.25, 0.3) is 0 Å². The molecule has 1 aliphatic rings. The first kappa shape index (κ1) is 14.1. The number of hydrogen-bond donors (Lipinski definition) is 0. The number of carbonyl (C=O) groups excluding carboxylic acids is 1. The molecule has 7 heteroatoms. The highest BCUT2D eigenvalue weighted by Gasteiger charge is 2.23. The number of nitrogens with zero attached hydrogens (tertiary/aromatic N) is 4. The van der Waals surface area contributed by atoms with Gasteiger partial charge in [-0.05, 0) is 17.9 Å². The molecule has 2 aromatic heterocycles. The van der Waals surface area contributed by atoms with E-state index in [0.717, 1.165) is 19.5 Å². The molecule has 0 aromatic carbocycles. The minimum atomic E-state index is 0.227. The van der Waals surface area contributed by atoms with Gasteiger partial charge in [-0.15, -0.1) is 16.4 Å². The van der Waals surface area contributed by atoms with Crippen molar-refractivity contribution in [2.45, 2.75) is 19.8 Å². The minimum Gasteiger partial charge on any atom is -0.408 e. The molecule has 0 N–H and O–H groups in total. The Morgan fingerprint density at radius 2 is 2.14 bits per heavy atom. The average molecular weight is 306 g/mol. The van der Waals surface area contributed by atoms with Crippen LogP contribution >= 0.6 is 11.3 Å². The zero-order valence-corrected chi connectivity index (χ0v) is 12.8. The van der Waals surface area contributed by atoms with E-state index in [1.807, 2.05) is 21.2 Å². The van der Waals surface area contributed by atoms with Gasteiger partial charge < -0.3 is 14.2 Å². The van der Waals surface area contributed by atoms with Gasteiger partial charge in [-0.2, -0.15) is 0 Å². The lowest BCUT2D eigenvalue weighted by Crippen LogP contribution is -2.49. The highest BCUT2D eigenvalue weighted by atomic mass is 32.1. The number of hydrogen-bond acceptors (Lipinski definition) is 6. The van der Waals surface area contributed by atoms with Crippen LogP contribution in [-0.2, 0) is 11.2 Å². The Morgan fingerprint density at radius 1 is 1.33 bits per heavy atom. The van der Waals surface area contributed by atoms with Gasteiger partial charge in [0.1, 0.15) is 0 Å². The fraction of sp³-hybridized carbons (Fsp3) is 0.500. The predicted octanol–water partition coefficient (Wildman–Crippen LogP) is 1.72. The molecule has 1 saturated heterocycles. The highest BCUT2D eigenvalue weighted by Crippen LogP contribution is 2.16. The third kappa shape index (κ3) is 3.41. The topological polar surface area (TPSA) is 62.5 Å². The molecule has 21 heavy (non-hydrogen) atoms. The lowest BCUT2D eigenvalue weighted by Gasteiger charge is -2.33. The summed E-state index contributed by atoms with van der Waals surface area (Å²) < 4.78 is 5.42. The summed E-state index contributed by atoms with van der Waals surface area (Å²) in [6.07, 6.45) is 1.42. The summed E-state index contributed by atoms with van der Waals surface area (Å²) in [5, 5.41) is 9.90. The van der Waals surface area contributed by atoms with Gasteiger partial charge in [0.15, 0.2) is 0 Å². The second-order valence-electron chi connectivity index (χ2n) is 5.05. The van der Waals surface area contributed by atoms with Crippen LogP contribution in [0.3, 0.4) is 0 Å². The van der Waals surface area contributed by atoms with Crippen molar-refractivity contribution in [2.24, 2.45) is 0 Å². The zero-order valence-electron chi connectivity index (χ0n) is 12.0. The molecule has 0 saturated carbocycles. The van der Waals surface area contributed by atoms with Crippen molar-refractivity contribution in [3.8, 4) is 0 Å². The summed E-state index contributed by atoms with van der Waals surface area (Å²) in [4.78, 5) is 17.4. The van der Waals surface area contributed by atoms with Gasteiger partial charge in [-0.1, -0.05) is 11.2 Å². The first-order valence-electron chi connectivity index (χ1n) is 7.07. The Labute approximate surface area is 127 Å². The van der Waals surface area contributed by atoms with Crippen molar-refractivity contribution in [1.82, 2.24) is 15.1 Å². The van der Waals surface area contributed by atoms with Crippen LogP contribution in [0.5, 0.6) is 0 Å². The molecule has 3 rings (SSSR count). The van der Waals surface area contributed by atoms with Gasteiger partial charge in [-0.25, -0.2) is 0 Å². The molecule has 2 aromatic rings. The van der Waals surface area contributed by atoms with E-state index in [1.54, 1.807) is 18.3 Å². The third-order valence-electron chi connectivity index (χ3n) is 3.58. The smallest absolute Gasteiger partial charge is 0.318 e. The molecule has 0 radical (unpaired) electrons. The Morgan fingerprint density at radius 3 is 2.76 bits per heavy atom. The van der Waals surface area contributed by atoms with Crippen molar-refractivity contribution in [3.05, 3.63) is 28.3 Å². The van der Waals surface area contributed by atoms with Gasteiger partial charge in [0, 0.05) is 44.4 Å². The first-order chi connectivity index (χ1) is 10.2. The van der Waals surface area contributed by atoms with E-state index in [4.69, 9.17) is 4.42 Å². The molecule has 3 heterocycles. The molecule has 1 fully saturated rings. The average Bonchev–Trinajstić information content (AvgIpc) is 3.16. The number of thiophene rings is 1. The standard InChI is InChI=1S/C14H18N4O2S/c1-11-15-16-14(20-11)18-8-6-17(7-9-18)13(19)5-4-12-3-2-10-21-12/h2-3,10H,4-9H2,1H3. The summed E-state index contributed by atoms with van der Waals surface area (Å²) in [5.41, 5.74) is 0. The lowest BCUT2D eigenvalue weighted by molar-refractivity contribution is -0.131. The Hall–Kier alpha value is -1.89. The summed E-state index contributed by atoms with van der Waals surface area (Å²) >= 11 is 1.70. The third-order valence-corrected chi connectivity index (χ3v) is 4.52. The molecule has 112 valence electrons. The van der Waals surface area contributed by atoms with Crippen LogP contribution in [0.15, 0.2) is 21.9 Å². The molecule has 6 nitrogen and oxygen atoms in total. The molecule has 0 aliphatic carbocycles. The maximum absolute atomic E-state index is 12.2. The van der Waals surface area contributed by atoms with E-state index < -0.39 is 0 Å². The second kappa shape index (κ2) is 6.26. The van der Waals surface area contributed by atoms with Crippen LogP contribution in [0.1, 0.15) is 17.2 Å². The van der Waals surface area contributed by atoms with Gasteiger partial charge in [-0.3, -0.25) is 4.79 Å². The lowest BCUT2D eigenvalue weighted by atomic mass is 10.2. The second-order valence-corrected chi connectivity index (χ2v) is 6.08. The fourth-order valence-corrected chi connectivity index (χ4v) is 3.11. The van der Waals surface area contributed by atoms with Crippen molar-refractivity contribution >= 4 is 23.3 Å². The molecule has 0 atom stereocenters. The van der Waals surface area contributed by atoms with Crippen LogP contribution in [0, 0.1) is 6.92 Å². The zero-order chi connectivity index (χ0) is 14.7. The van der Waals surface area contributed by atoms with Crippen molar-refractivity contribution < 1.29 is 9.21 Å². The van der Waals surface area contributed by atoms with Crippen LogP contribution in [0.4, 0.5) is 6.01 Å². The van der Waals surface area contributed by atoms with Gasteiger partial charge in [0.2, 0.25) is 11.8 Å². The van der Waals surface area contributed by atoms with Crippen LogP contribution < -0.4 is 4.90 Å².